The van der Waals surface area contributed by atoms with Gasteiger partial charge in [-0.15, -0.1) is 0 Å². The van der Waals surface area contributed by atoms with Gasteiger partial charge in [-0.3, -0.25) is 4.90 Å². The van der Waals surface area contributed by atoms with Crippen LogP contribution in [0.3, 0.4) is 0 Å². The standard InChI is InChI=1S/C15H24FN3/c1-17-7-9-19-12-10-18(11-13-19)8-6-14-4-2-3-5-15(14)16/h2-5,17H,6-13H2,1H3. The molecule has 1 aromatic carbocycles. The average molecular weight is 265 g/mol. The molecule has 1 fully saturated rings. The number of likely N-dealkylation sites (N-methyl/N-ethyl adjacent to an activating group) is 1. The number of benzene rings is 1. The summed E-state index contributed by atoms with van der Waals surface area (Å²) in [5.41, 5.74) is 0.833. The highest BCUT2D eigenvalue weighted by atomic mass is 19.1. The molecule has 1 saturated heterocycles. The van der Waals surface area contributed by atoms with Crippen molar-refractivity contribution in [1.82, 2.24) is 15.1 Å². The molecule has 1 N–H and O–H groups in total. The molecule has 0 amide bonds. The number of rotatable bonds is 6. The van der Waals surface area contributed by atoms with E-state index in [1.54, 1.807) is 12.1 Å². The first-order chi connectivity index (χ1) is 9.29. The summed E-state index contributed by atoms with van der Waals surface area (Å²) in [5.74, 6) is -0.0739. The summed E-state index contributed by atoms with van der Waals surface area (Å²) in [6, 6.07) is 7.09. The summed E-state index contributed by atoms with van der Waals surface area (Å²) < 4.78 is 13.5. The van der Waals surface area contributed by atoms with Crippen LogP contribution in [0.1, 0.15) is 5.56 Å². The molecule has 1 aliphatic heterocycles. The third-order valence-corrected chi connectivity index (χ3v) is 3.80. The Kier molecular flexibility index (Phi) is 5.76. The molecule has 0 saturated carbocycles. The van der Waals surface area contributed by atoms with Gasteiger partial charge in [-0.25, -0.2) is 4.39 Å². The highest BCUT2D eigenvalue weighted by Crippen LogP contribution is 2.09. The molecule has 1 aromatic rings. The predicted molar refractivity (Wildman–Crippen MR) is 76.9 cm³/mol. The van der Waals surface area contributed by atoms with E-state index in [-0.39, 0.29) is 5.82 Å². The van der Waals surface area contributed by atoms with E-state index in [1.807, 2.05) is 19.2 Å². The Morgan fingerprint density at radius 3 is 2.32 bits per heavy atom. The Morgan fingerprint density at radius 1 is 1.05 bits per heavy atom. The van der Waals surface area contributed by atoms with Crippen molar-refractivity contribution in [3.05, 3.63) is 35.6 Å². The van der Waals surface area contributed by atoms with Crippen LogP contribution in [0.4, 0.5) is 4.39 Å². The maximum Gasteiger partial charge on any atom is 0.126 e. The summed E-state index contributed by atoms with van der Waals surface area (Å²) in [6.07, 6.45) is 0.809. The lowest BCUT2D eigenvalue weighted by atomic mass is 10.1. The van der Waals surface area contributed by atoms with Gasteiger partial charge >= 0.3 is 0 Å². The second-order valence-electron chi connectivity index (χ2n) is 5.13. The first kappa shape index (κ1) is 14.4. The molecular weight excluding hydrogens is 241 g/mol. The zero-order chi connectivity index (χ0) is 13.5. The average Bonchev–Trinajstić information content (AvgIpc) is 2.45. The highest BCUT2D eigenvalue weighted by Gasteiger charge is 2.16. The van der Waals surface area contributed by atoms with E-state index in [2.05, 4.69) is 15.1 Å². The van der Waals surface area contributed by atoms with Crippen LogP contribution >= 0.6 is 0 Å². The first-order valence-corrected chi connectivity index (χ1v) is 7.12. The molecule has 0 atom stereocenters. The van der Waals surface area contributed by atoms with E-state index < -0.39 is 0 Å². The maximum atomic E-state index is 13.5. The van der Waals surface area contributed by atoms with Crippen molar-refractivity contribution in [2.24, 2.45) is 0 Å². The van der Waals surface area contributed by atoms with Crippen molar-refractivity contribution < 1.29 is 4.39 Å². The lowest BCUT2D eigenvalue weighted by molar-refractivity contribution is 0.134. The molecule has 0 aromatic heterocycles. The largest absolute Gasteiger partial charge is 0.318 e. The van der Waals surface area contributed by atoms with Gasteiger partial charge in [0.25, 0.3) is 0 Å². The van der Waals surface area contributed by atoms with Gasteiger partial charge in [-0.2, -0.15) is 0 Å². The van der Waals surface area contributed by atoms with Crippen LogP contribution < -0.4 is 5.32 Å². The van der Waals surface area contributed by atoms with Crippen LogP contribution in [-0.4, -0.2) is 62.7 Å². The molecule has 0 bridgehead atoms. The molecule has 0 aliphatic carbocycles. The summed E-state index contributed by atoms with van der Waals surface area (Å²) in [5, 5.41) is 3.18. The van der Waals surface area contributed by atoms with E-state index in [0.29, 0.717) is 0 Å². The van der Waals surface area contributed by atoms with E-state index >= 15 is 0 Å². The van der Waals surface area contributed by atoms with E-state index in [4.69, 9.17) is 0 Å². The normalized spacial score (nSPS) is 17.8. The van der Waals surface area contributed by atoms with Gasteiger partial charge < -0.3 is 10.2 Å². The SMILES string of the molecule is CNCCN1CCN(CCc2ccccc2F)CC1. The molecule has 2 rings (SSSR count). The number of hydrogen-bond acceptors (Lipinski definition) is 3. The minimum absolute atomic E-state index is 0.0739. The molecule has 0 radical (unpaired) electrons. The Bertz CT molecular complexity index is 375. The van der Waals surface area contributed by atoms with Crippen molar-refractivity contribution in [3.8, 4) is 0 Å². The summed E-state index contributed by atoms with van der Waals surface area (Å²) in [4.78, 5) is 4.92. The maximum absolute atomic E-state index is 13.5. The van der Waals surface area contributed by atoms with Crippen LogP contribution in [-0.2, 0) is 6.42 Å². The van der Waals surface area contributed by atoms with Crippen LogP contribution in [0.15, 0.2) is 24.3 Å². The van der Waals surface area contributed by atoms with Crippen LogP contribution in [0.25, 0.3) is 0 Å². The van der Waals surface area contributed by atoms with Gasteiger partial charge in [0, 0.05) is 45.8 Å². The Balaban J connectivity index is 1.70. The molecule has 1 heterocycles. The van der Waals surface area contributed by atoms with Gasteiger partial charge in [0.2, 0.25) is 0 Å². The Morgan fingerprint density at radius 2 is 1.68 bits per heavy atom. The van der Waals surface area contributed by atoms with Crippen molar-refractivity contribution in [2.45, 2.75) is 6.42 Å². The third kappa shape index (κ3) is 4.56. The fourth-order valence-electron chi connectivity index (χ4n) is 2.49. The third-order valence-electron chi connectivity index (χ3n) is 3.80. The summed E-state index contributed by atoms with van der Waals surface area (Å²) in [7, 11) is 1.99. The molecule has 106 valence electrons. The number of piperazine rings is 1. The number of halogens is 1. The monoisotopic (exact) mass is 265 g/mol. The van der Waals surface area contributed by atoms with Gasteiger partial charge in [0.15, 0.2) is 0 Å². The quantitative estimate of drug-likeness (QED) is 0.834. The lowest BCUT2D eigenvalue weighted by Gasteiger charge is -2.34. The van der Waals surface area contributed by atoms with Crippen LogP contribution in [0, 0.1) is 5.82 Å². The Hall–Kier alpha value is -0.970. The predicted octanol–water partition coefficient (Wildman–Crippen LogP) is 1.21. The van der Waals surface area contributed by atoms with Crippen molar-refractivity contribution in [3.63, 3.8) is 0 Å². The Labute approximate surface area is 115 Å². The summed E-state index contributed by atoms with van der Waals surface area (Å²) >= 11 is 0. The fraction of sp³-hybridized carbons (Fsp3) is 0.600. The van der Waals surface area contributed by atoms with Crippen molar-refractivity contribution in [2.75, 3.05) is 52.9 Å². The molecule has 0 spiro atoms. The highest BCUT2D eigenvalue weighted by molar-refractivity contribution is 5.17. The van der Waals surface area contributed by atoms with Crippen LogP contribution in [0.5, 0.6) is 0 Å². The van der Waals surface area contributed by atoms with Gasteiger partial charge in [0.05, 0.1) is 0 Å². The second kappa shape index (κ2) is 7.58. The lowest BCUT2D eigenvalue weighted by Crippen LogP contribution is -2.48. The molecule has 19 heavy (non-hydrogen) atoms. The molecule has 1 aliphatic rings. The van der Waals surface area contributed by atoms with E-state index in [1.165, 1.54) is 0 Å². The van der Waals surface area contributed by atoms with Gasteiger partial charge in [0.1, 0.15) is 5.82 Å². The molecule has 0 unspecified atom stereocenters. The minimum atomic E-state index is -0.0739. The number of nitrogens with one attached hydrogen (secondary N) is 1. The number of hydrogen-bond donors (Lipinski definition) is 1. The second-order valence-corrected chi connectivity index (χ2v) is 5.13. The fourth-order valence-corrected chi connectivity index (χ4v) is 2.49. The molecule has 3 nitrogen and oxygen atoms in total. The zero-order valence-corrected chi connectivity index (χ0v) is 11.7. The van der Waals surface area contributed by atoms with Crippen LogP contribution in [0.2, 0.25) is 0 Å². The van der Waals surface area contributed by atoms with E-state index in [0.717, 1.165) is 57.8 Å². The zero-order valence-electron chi connectivity index (χ0n) is 11.7. The van der Waals surface area contributed by atoms with Crippen molar-refractivity contribution in [1.29, 1.82) is 0 Å². The van der Waals surface area contributed by atoms with E-state index in [9.17, 15) is 4.39 Å². The molecular formula is C15H24FN3. The minimum Gasteiger partial charge on any atom is -0.318 e. The van der Waals surface area contributed by atoms with Crippen molar-refractivity contribution >= 4 is 0 Å². The topological polar surface area (TPSA) is 18.5 Å². The van der Waals surface area contributed by atoms with Gasteiger partial charge in [-0.1, -0.05) is 18.2 Å². The van der Waals surface area contributed by atoms with Gasteiger partial charge in [-0.05, 0) is 25.1 Å². The molecule has 4 heteroatoms. The summed E-state index contributed by atoms with van der Waals surface area (Å²) in [6.45, 7) is 7.57. The smallest absolute Gasteiger partial charge is 0.126 e. The number of nitrogens with zero attached hydrogens (tertiary/aromatic N) is 2. The first-order valence-electron chi connectivity index (χ1n) is 7.12.